The van der Waals surface area contributed by atoms with Gasteiger partial charge in [-0.1, -0.05) is 39.8 Å². The summed E-state index contributed by atoms with van der Waals surface area (Å²) in [5.41, 5.74) is -1.15. The van der Waals surface area contributed by atoms with E-state index in [2.05, 4.69) is 5.32 Å². The second-order valence-corrected chi connectivity index (χ2v) is 20.6. The summed E-state index contributed by atoms with van der Waals surface area (Å²) in [4.78, 5) is 25.4. The van der Waals surface area contributed by atoms with Gasteiger partial charge in [-0.15, -0.1) is 0 Å². The lowest BCUT2D eigenvalue weighted by molar-refractivity contribution is -0.461. The fourth-order valence-corrected chi connectivity index (χ4v) is 11.1. The lowest BCUT2D eigenvalue weighted by Gasteiger charge is -2.44. The van der Waals surface area contributed by atoms with Crippen LogP contribution < -0.4 is 14.8 Å². The summed E-state index contributed by atoms with van der Waals surface area (Å²) in [6.45, 7) is 7.26. The summed E-state index contributed by atoms with van der Waals surface area (Å²) in [5, 5.41) is 2.53. The monoisotopic (exact) mass is 1030 g/mol. The quantitative estimate of drug-likeness (QED) is 0.0345. The van der Waals surface area contributed by atoms with E-state index in [1.54, 1.807) is 19.1 Å². The van der Waals surface area contributed by atoms with E-state index in [-0.39, 0.29) is 23.5 Å². The van der Waals surface area contributed by atoms with Crippen LogP contribution in [0, 0.1) is 0 Å². The van der Waals surface area contributed by atoms with Crippen molar-refractivity contribution < 1.29 is 112 Å². The van der Waals surface area contributed by atoms with Gasteiger partial charge in [0, 0.05) is 24.8 Å². The van der Waals surface area contributed by atoms with Crippen LogP contribution in [-0.2, 0) is 23.4 Å². The first kappa shape index (κ1) is 59.6. The summed E-state index contributed by atoms with van der Waals surface area (Å²) < 4.78 is 269. The first-order valence-corrected chi connectivity index (χ1v) is 22.3. The van der Waals surface area contributed by atoms with Crippen molar-refractivity contribution in [1.29, 1.82) is 0 Å². The fraction of sp³-hybridized carbons (Fsp3) is 0.610. The van der Waals surface area contributed by atoms with Gasteiger partial charge in [0.1, 0.15) is 24.2 Å². The number of nitrogens with one attached hydrogen (secondary N) is 1. The molecule has 27 heteroatoms. The SMILES string of the molecule is CCOC(=O)/C(C)=C/[C@@H](OC)[C@H](OC(=O)Nc1ccc(OC)cc1)c1ccc(OCCO[Si](CCC(F)(F)C(F)(F)C(F)(F)C(F)(F)C(F)(F)C(F)(F)C(F)(F)C(F)(F)F)(C(C)C)C(C)C)cc1. The highest BCUT2D eigenvalue weighted by atomic mass is 28.4. The Balaban J connectivity index is 2.35. The highest BCUT2D eigenvalue weighted by molar-refractivity contribution is 6.76. The van der Waals surface area contributed by atoms with Crippen LogP contribution in [-0.4, -0.2) is 108 Å². The Morgan fingerprint density at radius 1 is 0.662 bits per heavy atom. The third kappa shape index (κ3) is 12.1. The van der Waals surface area contributed by atoms with Crippen LogP contribution in [0.1, 0.15) is 59.6 Å². The molecule has 1 amide bonds. The van der Waals surface area contributed by atoms with E-state index in [1.807, 2.05) is 0 Å². The molecule has 0 saturated carbocycles. The van der Waals surface area contributed by atoms with Crippen LogP contribution in [0.2, 0.25) is 17.1 Å². The highest BCUT2D eigenvalue weighted by Gasteiger charge is 2.95. The number of amides is 1. The van der Waals surface area contributed by atoms with Crippen molar-refractivity contribution in [1.82, 2.24) is 0 Å². The number of hydrogen-bond donors (Lipinski definition) is 1. The molecule has 2 rings (SSSR count). The zero-order valence-electron chi connectivity index (χ0n) is 37.2. The molecule has 0 spiro atoms. The summed E-state index contributed by atoms with van der Waals surface area (Å²) in [5.74, 6) is -57.1. The van der Waals surface area contributed by atoms with E-state index < -0.39 is 117 Å². The molecule has 0 aliphatic rings. The molecule has 0 bridgehead atoms. The number of methoxy groups -OCH3 is 2. The van der Waals surface area contributed by atoms with Crippen LogP contribution in [0.25, 0.3) is 0 Å². The largest absolute Gasteiger partial charge is 0.497 e. The standard InChI is InChI=1S/C41H48F17NO8Si/c1-9-64-32(60)25(6)22-30(63-8)31(67-33(61)59-27-12-16-28(62-7)17-13-27)26-10-14-29(15-11-26)65-19-20-66-68(23(2)3,24(4)5)21-18-34(42,43)35(44,45)36(46,47)37(48,49)38(50,51)39(52,53)40(54,55)41(56,57)58/h10-17,22-24,30-31H,9,18-21H2,1-8H3,(H,59,61)/b25-22+/t30-,31-/m1/s1. The zero-order chi connectivity index (χ0) is 52.7. The van der Waals surface area contributed by atoms with Gasteiger partial charge < -0.3 is 28.1 Å². The van der Waals surface area contributed by atoms with Crippen LogP contribution >= 0.6 is 0 Å². The molecular formula is C41H48F17NO8Si. The number of carbonyl (C=O) groups is 2. The summed E-state index contributed by atoms with van der Waals surface area (Å²) in [7, 11) is -1.35. The van der Waals surface area contributed by atoms with Crippen molar-refractivity contribution >= 4 is 26.1 Å². The van der Waals surface area contributed by atoms with Crippen LogP contribution in [0.5, 0.6) is 11.5 Å². The van der Waals surface area contributed by atoms with Crippen LogP contribution in [0.15, 0.2) is 60.2 Å². The number of hydrogen-bond acceptors (Lipinski definition) is 8. The Hall–Kier alpha value is -4.53. The average Bonchev–Trinajstić information content (AvgIpc) is 3.24. The lowest BCUT2D eigenvalue weighted by Crippen LogP contribution is -2.74. The van der Waals surface area contributed by atoms with Gasteiger partial charge >= 0.3 is 59.7 Å². The topological polar surface area (TPSA) is 102 Å². The van der Waals surface area contributed by atoms with E-state index in [0.717, 1.165) is 0 Å². The van der Waals surface area contributed by atoms with Gasteiger partial charge in [0.2, 0.25) is 0 Å². The Morgan fingerprint density at radius 3 is 1.57 bits per heavy atom. The first-order chi connectivity index (χ1) is 30.9. The molecule has 0 aliphatic heterocycles. The van der Waals surface area contributed by atoms with Crippen LogP contribution in [0.3, 0.4) is 0 Å². The van der Waals surface area contributed by atoms with Crippen molar-refractivity contribution in [3.63, 3.8) is 0 Å². The van der Waals surface area contributed by atoms with E-state index >= 15 is 8.78 Å². The van der Waals surface area contributed by atoms with Crippen molar-refractivity contribution in [2.45, 2.75) is 125 Å². The average molecular weight is 1030 g/mol. The molecule has 0 heterocycles. The van der Waals surface area contributed by atoms with Crippen molar-refractivity contribution in [3.05, 3.63) is 65.7 Å². The third-order valence-corrected chi connectivity index (χ3v) is 16.3. The molecule has 2 atom stereocenters. The second kappa shape index (κ2) is 22.0. The van der Waals surface area contributed by atoms with E-state index in [0.29, 0.717) is 11.4 Å². The number of carbonyl (C=O) groups excluding carboxylic acids is 2. The molecule has 0 saturated heterocycles. The van der Waals surface area contributed by atoms with Crippen molar-refractivity contribution in [2.75, 3.05) is 39.4 Å². The number of halogens is 17. The molecule has 2 aromatic rings. The minimum absolute atomic E-state index is 0.0478. The Labute approximate surface area is 379 Å². The van der Waals surface area contributed by atoms with Gasteiger partial charge in [-0.05, 0) is 79.0 Å². The molecule has 0 aliphatic carbocycles. The predicted octanol–water partition coefficient (Wildman–Crippen LogP) is 13.1. The van der Waals surface area contributed by atoms with E-state index in [1.165, 1.54) is 91.3 Å². The van der Waals surface area contributed by atoms with Crippen molar-refractivity contribution in [2.24, 2.45) is 0 Å². The number of esters is 1. The molecule has 9 nitrogen and oxygen atoms in total. The molecule has 68 heavy (non-hydrogen) atoms. The molecule has 2 aromatic carbocycles. The lowest BCUT2D eigenvalue weighted by atomic mass is 9.88. The number of benzene rings is 2. The van der Waals surface area contributed by atoms with E-state index in [4.69, 9.17) is 28.1 Å². The first-order valence-electron chi connectivity index (χ1n) is 20.0. The number of anilines is 1. The fourth-order valence-electron chi connectivity index (χ4n) is 6.60. The second-order valence-electron chi connectivity index (χ2n) is 15.6. The molecule has 0 radical (unpaired) electrons. The third-order valence-electron chi connectivity index (χ3n) is 10.7. The highest BCUT2D eigenvalue weighted by Crippen LogP contribution is 2.64. The Kier molecular flexibility index (Phi) is 19.3. The van der Waals surface area contributed by atoms with Gasteiger partial charge in [0.25, 0.3) is 0 Å². The number of alkyl halides is 17. The minimum Gasteiger partial charge on any atom is -0.497 e. The van der Waals surface area contributed by atoms with Gasteiger partial charge in [-0.3, -0.25) is 5.32 Å². The summed E-state index contributed by atoms with van der Waals surface area (Å²) in [6, 6.07) is 10.3. The number of ether oxygens (including phenoxy) is 5. The van der Waals surface area contributed by atoms with Gasteiger partial charge in [-0.25, -0.2) is 9.59 Å². The van der Waals surface area contributed by atoms with Gasteiger partial charge in [0.15, 0.2) is 14.4 Å². The predicted molar refractivity (Wildman–Crippen MR) is 211 cm³/mol. The Morgan fingerprint density at radius 2 is 1.13 bits per heavy atom. The molecule has 388 valence electrons. The maximum Gasteiger partial charge on any atom is 0.460 e. The normalized spacial score (nSPS) is 15.0. The van der Waals surface area contributed by atoms with Gasteiger partial charge in [-0.2, -0.15) is 74.6 Å². The van der Waals surface area contributed by atoms with E-state index in [9.17, 15) is 75.4 Å². The molecule has 0 unspecified atom stereocenters. The van der Waals surface area contributed by atoms with Crippen molar-refractivity contribution in [3.8, 4) is 11.5 Å². The molecule has 0 aromatic heterocycles. The maximum atomic E-state index is 15.0. The Bertz CT molecular complexity index is 1990. The zero-order valence-corrected chi connectivity index (χ0v) is 38.2. The summed E-state index contributed by atoms with van der Waals surface area (Å²) in [6.07, 6.45) is -12.4. The number of rotatable bonds is 25. The van der Waals surface area contributed by atoms with Crippen LogP contribution in [0.4, 0.5) is 85.1 Å². The molecule has 1 N–H and O–H groups in total. The summed E-state index contributed by atoms with van der Waals surface area (Å²) >= 11 is 0. The molecule has 0 fully saturated rings. The maximum absolute atomic E-state index is 15.0. The molecular weight excluding hydrogens is 986 g/mol. The smallest absolute Gasteiger partial charge is 0.460 e. The minimum atomic E-state index is -8.71. The van der Waals surface area contributed by atoms with Gasteiger partial charge in [0.05, 0.1) is 20.3 Å².